The van der Waals surface area contributed by atoms with Crippen molar-refractivity contribution in [3.05, 3.63) is 194 Å². The fraction of sp³-hybridized carbons (Fsp3) is 0. The third-order valence-corrected chi connectivity index (χ3v) is 11.5. The minimum Gasteiger partial charge on any atom is -0.309 e. The second kappa shape index (κ2) is 12.0. The molecule has 3 heterocycles. The second-order valence-corrected chi connectivity index (χ2v) is 14.6. The van der Waals surface area contributed by atoms with Gasteiger partial charge in [0.1, 0.15) is 0 Å². The highest BCUT2D eigenvalue weighted by Gasteiger charge is 2.21. The summed E-state index contributed by atoms with van der Waals surface area (Å²) in [5, 5.41) is 10.6. The maximum atomic E-state index is 5.57. The SMILES string of the molecule is c1ccc(-c2ccc3c(c2)c2cc4ccccc4cc2n3-c2nc(-c3cccc4c3ccc3c4c4ccccc4n3-c3ccccc3)c3ccccc3n2)cc1. The van der Waals surface area contributed by atoms with Crippen LogP contribution in [0, 0.1) is 0 Å². The van der Waals surface area contributed by atoms with E-state index in [1.807, 2.05) is 0 Å². The van der Waals surface area contributed by atoms with Gasteiger partial charge in [0.15, 0.2) is 0 Å². The van der Waals surface area contributed by atoms with Crippen LogP contribution < -0.4 is 0 Å². The minimum absolute atomic E-state index is 0.653. The number of aromatic nitrogens is 4. The molecule has 0 amide bonds. The Morgan fingerprint density at radius 3 is 1.86 bits per heavy atom. The first kappa shape index (κ1) is 30.9. The Bertz CT molecular complexity index is 3520. The molecule has 0 saturated heterocycles. The second-order valence-electron chi connectivity index (χ2n) is 14.6. The van der Waals surface area contributed by atoms with Crippen LogP contribution in [0.25, 0.3) is 110 Å². The highest BCUT2D eigenvalue weighted by Crippen LogP contribution is 2.42. The maximum absolute atomic E-state index is 5.57. The molecule has 4 heteroatoms. The quantitative estimate of drug-likeness (QED) is 0.182. The lowest BCUT2D eigenvalue weighted by Gasteiger charge is -2.14. The predicted molar refractivity (Wildman–Crippen MR) is 234 cm³/mol. The summed E-state index contributed by atoms with van der Waals surface area (Å²) in [4.78, 5) is 10.9. The molecule has 0 radical (unpaired) electrons. The molecule has 12 rings (SSSR count). The molecule has 0 aliphatic carbocycles. The summed E-state index contributed by atoms with van der Waals surface area (Å²) in [6.07, 6.45) is 0. The molecule has 0 N–H and O–H groups in total. The number of nitrogens with zero attached hydrogens (tertiary/aromatic N) is 4. The number of para-hydroxylation sites is 3. The molecule has 56 heavy (non-hydrogen) atoms. The molecule has 260 valence electrons. The molecule has 12 aromatic rings. The molecule has 3 aromatic heterocycles. The van der Waals surface area contributed by atoms with Crippen LogP contribution in [0.1, 0.15) is 0 Å². The van der Waals surface area contributed by atoms with Gasteiger partial charge in [-0.25, -0.2) is 9.97 Å². The van der Waals surface area contributed by atoms with Gasteiger partial charge in [-0.15, -0.1) is 0 Å². The Kier molecular flexibility index (Phi) is 6.60. The summed E-state index contributed by atoms with van der Waals surface area (Å²) in [7, 11) is 0. The third-order valence-electron chi connectivity index (χ3n) is 11.5. The molecule has 9 aromatic carbocycles. The van der Waals surface area contributed by atoms with Gasteiger partial charge in [-0.2, -0.15) is 0 Å². The van der Waals surface area contributed by atoms with Crippen LogP contribution >= 0.6 is 0 Å². The van der Waals surface area contributed by atoms with Gasteiger partial charge < -0.3 is 4.57 Å². The molecular weight excluding hydrogens is 681 g/mol. The van der Waals surface area contributed by atoms with Crippen molar-refractivity contribution in [3.63, 3.8) is 0 Å². The highest BCUT2D eigenvalue weighted by molar-refractivity contribution is 6.23. The molecule has 0 aliphatic rings. The summed E-state index contributed by atoms with van der Waals surface area (Å²) in [5.74, 6) is 0.653. The zero-order chi connectivity index (χ0) is 36.7. The smallest absolute Gasteiger partial charge is 0.235 e. The van der Waals surface area contributed by atoms with Crippen LogP contribution in [0.2, 0.25) is 0 Å². The van der Waals surface area contributed by atoms with Crippen LogP contribution in [-0.2, 0) is 0 Å². The summed E-state index contributed by atoms with van der Waals surface area (Å²) in [6, 6.07) is 69.6. The predicted octanol–water partition coefficient (Wildman–Crippen LogP) is 13.5. The van der Waals surface area contributed by atoms with Gasteiger partial charge >= 0.3 is 0 Å². The van der Waals surface area contributed by atoms with Crippen LogP contribution in [0.15, 0.2) is 194 Å². The monoisotopic (exact) mass is 712 g/mol. The van der Waals surface area contributed by atoms with E-state index >= 15 is 0 Å². The van der Waals surface area contributed by atoms with E-state index < -0.39 is 0 Å². The van der Waals surface area contributed by atoms with E-state index in [4.69, 9.17) is 9.97 Å². The van der Waals surface area contributed by atoms with E-state index in [2.05, 4.69) is 203 Å². The molecule has 0 saturated carbocycles. The van der Waals surface area contributed by atoms with Gasteiger partial charge in [-0.05, 0) is 87.3 Å². The van der Waals surface area contributed by atoms with Crippen LogP contribution in [-0.4, -0.2) is 19.1 Å². The van der Waals surface area contributed by atoms with Crippen molar-refractivity contribution in [2.45, 2.75) is 0 Å². The van der Waals surface area contributed by atoms with Crippen molar-refractivity contribution < 1.29 is 0 Å². The third kappa shape index (κ3) is 4.53. The molecule has 0 unspecified atom stereocenters. The Balaban J connectivity index is 1.15. The van der Waals surface area contributed by atoms with Crippen molar-refractivity contribution in [2.75, 3.05) is 0 Å². The topological polar surface area (TPSA) is 35.6 Å². The van der Waals surface area contributed by atoms with Gasteiger partial charge in [0.25, 0.3) is 0 Å². The molecular formula is C52H32N4. The van der Waals surface area contributed by atoms with Crippen molar-refractivity contribution in [3.8, 4) is 34.0 Å². The first-order chi connectivity index (χ1) is 27.8. The van der Waals surface area contributed by atoms with E-state index in [0.29, 0.717) is 5.95 Å². The van der Waals surface area contributed by atoms with Crippen molar-refractivity contribution in [2.24, 2.45) is 0 Å². The Morgan fingerprint density at radius 2 is 1.00 bits per heavy atom. The Morgan fingerprint density at radius 1 is 0.339 bits per heavy atom. The first-order valence-electron chi connectivity index (χ1n) is 19.1. The average molecular weight is 713 g/mol. The fourth-order valence-corrected chi connectivity index (χ4v) is 8.99. The molecule has 0 aliphatic heterocycles. The van der Waals surface area contributed by atoms with Crippen LogP contribution in [0.3, 0.4) is 0 Å². The van der Waals surface area contributed by atoms with E-state index in [1.54, 1.807) is 0 Å². The Labute approximate surface area is 322 Å². The number of hydrogen-bond donors (Lipinski definition) is 0. The minimum atomic E-state index is 0.653. The lowest BCUT2D eigenvalue weighted by Crippen LogP contribution is -2.03. The van der Waals surface area contributed by atoms with Crippen molar-refractivity contribution in [1.82, 2.24) is 19.1 Å². The number of hydrogen-bond acceptors (Lipinski definition) is 2. The van der Waals surface area contributed by atoms with E-state index in [9.17, 15) is 0 Å². The molecule has 0 fully saturated rings. The van der Waals surface area contributed by atoms with Crippen molar-refractivity contribution in [1.29, 1.82) is 0 Å². The molecule has 4 nitrogen and oxygen atoms in total. The van der Waals surface area contributed by atoms with E-state index in [0.717, 1.165) is 44.3 Å². The van der Waals surface area contributed by atoms with E-state index in [-0.39, 0.29) is 0 Å². The number of rotatable bonds is 4. The molecule has 0 spiro atoms. The highest BCUT2D eigenvalue weighted by atomic mass is 15.2. The van der Waals surface area contributed by atoms with Crippen LogP contribution in [0.4, 0.5) is 0 Å². The van der Waals surface area contributed by atoms with Crippen LogP contribution in [0.5, 0.6) is 0 Å². The van der Waals surface area contributed by atoms with Gasteiger partial charge in [0.2, 0.25) is 5.95 Å². The number of fused-ring (bicyclic) bond motifs is 10. The summed E-state index contributed by atoms with van der Waals surface area (Å²) >= 11 is 0. The summed E-state index contributed by atoms with van der Waals surface area (Å²) in [5.41, 5.74) is 11.0. The number of benzene rings is 9. The molecule has 0 atom stereocenters. The van der Waals surface area contributed by atoms with Gasteiger partial charge in [-0.3, -0.25) is 4.57 Å². The maximum Gasteiger partial charge on any atom is 0.235 e. The van der Waals surface area contributed by atoms with Crippen molar-refractivity contribution >= 4 is 76.1 Å². The lowest BCUT2D eigenvalue weighted by molar-refractivity contribution is 1.01. The van der Waals surface area contributed by atoms with Gasteiger partial charge in [0, 0.05) is 38.2 Å². The zero-order valence-corrected chi connectivity index (χ0v) is 30.3. The first-order valence-corrected chi connectivity index (χ1v) is 19.1. The standard InChI is InChI=1S/C52H32N4/c1-3-14-33(15-4-1)36-26-28-47-43(31-36)44-30-34-16-7-8-17-35(34)32-49(44)56(47)52-53-45-24-11-9-20-41(45)51(54-52)40-23-13-22-39-38(40)27-29-48-50(39)42-21-10-12-25-46(42)55(48)37-18-5-2-6-19-37/h1-32H. The normalized spacial score (nSPS) is 11.9. The lowest BCUT2D eigenvalue weighted by atomic mass is 9.96. The zero-order valence-electron chi connectivity index (χ0n) is 30.3. The largest absolute Gasteiger partial charge is 0.309 e. The summed E-state index contributed by atoms with van der Waals surface area (Å²) < 4.78 is 4.64. The van der Waals surface area contributed by atoms with E-state index in [1.165, 1.54) is 59.9 Å². The Hall–Kier alpha value is -7.56. The fourth-order valence-electron chi connectivity index (χ4n) is 8.99. The molecule has 0 bridgehead atoms. The average Bonchev–Trinajstić information content (AvgIpc) is 3.78. The van der Waals surface area contributed by atoms with Gasteiger partial charge in [-0.1, -0.05) is 140 Å². The summed E-state index contributed by atoms with van der Waals surface area (Å²) in [6.45, 7) is 0. The van der Waals surface area contributed by atoms with Gasteiger partial charge in [0.05, 0.1) is 33.3 Å².